The summed E-state index contributed by atoms with van der Waals surface area (Å²) >= 11 is 0. The summed E-state index contributed by atoms with van der Waals surface area (Å²) in [4.78, 5) is 25.2. The molecule has 4 saturated carbocycles. The molecule has 0 aliphatic heterocycles. The number of rotatable bonds is 20. The highest BCUT2D eigenvalue weighted by molar-refractivity contribution is 7.85. The van der Waals surface area contributed by atoms with Crippen molar-refractivity contribution in [2.75, 3.05) is 12.3 Å². The summed E-state index contributed by atoms with van der Waals surface area (Å²) < 4.78 is 36.9. The lowest BCUT2D eigenvalue weighted by atomic mass is 9.44. The van der Waals surface area contributed by atoms with E-state index in [1.807, 2.05) is 0 Å². The smallest absolute Gasteiger partial charge is 0.306 e. The Labute approximate surface area is 299 Å². The Bertz CT molecular complexity index is 1190. The predicted octanol–water partition coefficient (Wildman–Crippen LogP) is 9.84. The van der Waals surface area contributed by atoms with E-state index < -0.39 is 15.9 Å². The van der Waals surface area contributed by atoms with Gasteiger partial charge in [-0.3, -0.25) is 14.1 Å². The topological polar surface area (TPSA) is 110 Å². The lowest BCUT2D eigenvalue weighted by molar-refractivity contribution is -0.162. The molecule has 4 aliphatic rings. The highest BCUT2D eigenvalue weighted by atomic mass is 32.2. The average molecular weight is 706 g/mol. The van der Waals surface area contributed by atoms with Gasteiger partial charge in [-0.25, -0.2) is 0 Å². The van der Waals surface area contributed by atoms with Crippen molar-refractivity contribution in [3.05, 3.63) is 12.2 Å². The summed E-state index contributed by atoms with van der Waals surface area (Å²) in [6.45, 7) is 9.64. The van der Waals surface area contributed by atoms with Gasteiger partial charge in [0.25, 0.3) is 10.1 Å². The van der Waals surface area contributed by atoms with E-state index in [4.69, 9.17) is 9.29 Å². The van der Waals surface area contributed by atoms with Gasteiger partial charge >= 0.3 is 5.97 Å². The fraction of sp³-hybridized carbons (Fsp3) is 0.902. The SMILES string of the molecule is CCCCC/C=C\CCCCCCCC(=O)OC1CCC2(C)C(CCC3C2CCC2(C)C(C(C)CCC(=O)NCCS(=O)(=O)O)CCC32)C1. The van der Waals surface area contributed by atoms with Gasteiger partial charge in [-0.15, -0.1) is 0 Å². The zero-order valence-electron chi connectivity index (χ0n) is 31.6. The number of allylic oxidation sites excluding steroid dienone is 2. The fourth-order valence-corrected chi connectivity index (χ4v) is 11.7. The third kappa shape index (κ3) is 11.3. The van der Waals surface area contributed by atoms with Gasteiger partial charge in [-0.05, 0) is 143 Å². The second kappa shape index (κ2) is 18.9. The largest absolute Gasteiger partial charge is 0.462 e. The standard InChI is InChI=1S/C41H71NO6S/c1-5-6-7-8-9-10-11-12-13-14-15-16-17-39(44)48-33-24-26-40(3)32(30-33)19-20-34-36-22-21-35(41(36,4)27-25-37(34)40)31(2)18-23-38(43)42-28-29-49(45,46)47/h9-10,31-37H,5-8,11-30H2,1-4H3,(H,42,43)(H,45,46,47)/b10-9-. The quantitative estimate of drug-likeness (QED) is 0.0565. The van der Waals surface area contributed by atoms with Crippen LogP contribution >= 0.6 is 0 Å². The maximum Gasteiger partial charge on any atom is 0.306 e. The first kappa shape index (κ1) is 40.4. The Balaban J connectivity index is 1.16. The average Bonchev–Trinajstić information content (AvgIpc) is 3.41. The third-order valence-corrected chi connectivity index (χ3v) is 14.8. The van der Waals surface area contributed by atoms with Gasteiger partial charge in [0, 0.05) is 19.4 Å². The minimum atomic E-state index is -4.06. The molecule has 4 rings (SSSR count). The van der Waals surface area contributed by atoms with Gasteiger partial charge in [0.1, 0.15) is 6.10 Å². The molecule has 2 N–H and O–H groups in total. The third-order valence-electron chi connectivity index (χ3n) is 14.1. The Morgan fingerprint density at radius 2 is 1.53 bits per heavy atom. The molecule has 0 saturated heterocycles. The van der Waals surface area contributed by atoms with E-state index in [-0.39, 0.29) is 24.5 Å². The summed E-state index contributed by atoms with van der Waals surface area (Å²) in [6, 6.07) is 0. The van der Waals surface area contributed by atoms with Crippen molar-refractivity contribution in [3.63, 3.8) is 0 Å². The van der Waals surface area contributed by atoms with Gasteiger partial charge in [0.2, 0.25) is 5.91 Å². The number of fused-ring (bicyclic) bond motifs is 5. The number of carbonyl (C=O) groups excluding carboxylic acids is 2. The van der Waals surface area contributed by atoms with Crippen molar-refractivity contribution in [1.82, 2.24) is 5.32 Å². The van der Waals surface area contributed by atoms with Crippen molar-refractivity contribution >= 4 is 22.0 Å². The zero-order chi connectivity index (χ0) is 35.5. The number of hydrogen-bond acceptors (Lipinski definition) is 5. The summed E-state index contributed by atoms with van der Waals surface area (Å²) in [5, 5.41) is 2.65. The Morgan fingerprint density at radius 1 is 0.857 bits per heavy atom. The molecule has 0 spiro atoms. The second-order valence-corrected chi connectivity index (χ2v) is 18.8. The minimum Gasteiger partial charge on any atom is -0.462 e. The molecule has 0 aromatic carbocycles. The monoisotopic (exact) mass is 706 g/mol. The maximum absolute atomic E-state index is 12.8. The molecule has 0 bridgehead atoms. The van der Waals surface area contributed by atoms with Gasteiger partial charge < -0.3 is 10.1 Å². The van der Waals surface area contributed by atoms with Crippen LogP contribution in [0.15, 0.2) is 12.2 Å². The normalized spacial score (nSPS) is 33.4. The van der Waals surface area contributed by atoms with E-state index in [0.29, 0.717) is 41.4 Å². The van der Waals surface area contributed by atoms with E-state index in [2.05, 4.69) is 45.2 Å². The Morgan fingerprint density at radius 3 is 2.27 bits per heavy atom. The van der Waals surface area contributed by atoms with Crippen molar-refractivity contribution in [1.29, 1.82) is 0 Å². The number of nitrogens with one attached hydrogen (secondary N) is 1. The molecule has 4 aliphatic carbocycles. The summed E-state index contributed by atoms with van der Waals surface area (Å²) in [5.41, 5.74) is 0.671. The van der Waals surface area contributed by atoms with Crippen molar-refractivity contribution < 1.29 is 27.3 Å². The summed E-state index contributed by atoms with van der Waals surface area (Å²) in [5.74, 6) is 3.46. The van der Waals surface area contributed by atoms with Gasteiger partial charge in [0.15, 0.2) is 0 Å². The molecule has 0 radical (unpaired) electrons. The van der Waals surface area contributed by atoms with Crippen LogP contribution in [0.4, 0.5) is 0 Å². The van der Waals surface area contributed by atoms with E-state index >= 15 is 0 Å². The number of esters is 1. The molecular formula is C41H71NO6S. The van der Waals surface area contributed by atoms with Crippen molar-refractivity contribution in [3.8, 4) is 0 Å². The number of amides is 1. The van der Waals surface area contributed by atoms with Crippen LogP contribution in [0.3, 0.4) is 0 Å². The molecule has 0 aromatic rings. The van der Waals surface area contributed by atoms with Crippen LogP contribution in [-0.4, -0.2) is 43.2 Å². The van der Waals surface area contributed by atoms with E-state index in [1.54, 1.807) is 0 Å². The number of unbranched alkanes of at least 4 members (excludes halogenated alkanes) is 8. The summed E-state index contributed by atoms with van der Waals surface area (Å²) in [6.07, 6.45) is 29.6. The van der Waals surface area contributed by atoms with Crippen molar-refractivity contribution in [2.24, 2.45) is 46.3 Å². The molecule has 1 amide bonds. The Hall–Kier alpha value is -1.41. The highest BCUT2D eigenvalue weighted by Crippen LogP contribution is 2.68. The predicted molar refractivity (Wildman–Crippen MR) is 199 cm³/mol. The number of carbonyl (C=O) groups is 2. The van der Waals surface area contributed by atoms with E-state index in [0.717, 1.165) is 49.9 Å². The molecule has 9 unspecified atom stereocenters. The van der Waals surface area contributed by atoms with Gasteiger partial charge in [-0.1, -0.05) is 72.0 Å². The molecule has 49 heavy (non-hydrogen) atoms. The van der Waals surface area contributed by atoms with Crippen LogP contribution in [0, 0.1) is 46.3 Å². The van der Waals surface area contributed by atoms with E-state index in [1.165, 1.54) is 96.3 Å². The highest BCUT2D eigenvalue weighted by Gasteiger charge is 2.60. The molecule has 9 atom stereocenters. The summed E-state index contributed by atoms with van der Waals surface area (Å²) in [7, 11) is -4.06. The number of hydrogen-bond donors (Lipinski definition) is 2. The van der Waals surface area contributed by atoms with Crippen LogP contribution in [0.2, 0.25) is 0 Å². The van der Waals surface area contributed by atoms with Crippen LogP contribution < -0.4 is 5.32 Å². The number of ether oxygens (including phenoxy) is 1. The zero-order valence-corrected chi connectivity index (χ0v) is 32.4. The van der Waals surface area contributed by atoms with Crippen LogP contribution in [0.5, 0.6) is 0 Å². The first-order valence-electron chi connectivity index (χ1n) is 20.4. The van der Waals surface area contributed by atoms with E-state index in [9.17, 15) is 18.0 Å². The first-order chi connectivity index (χ1) is 23.4. The van der Waals surface area contributed by atoms with Crippen LogP contribution in [-0.2, 0) is 24.4 Å². The molecule has 8 heteroatoms. The lowest BCUT2D eigenvalue weighted by Gasteiger charge is -2.61. The van der Waals surface area contributed by atoms with Crippen LogP contribution in [0.1, 0.15) is 169 Å². The van der Waals surface area contributed by atoms with Crippen LogP contribution in [0.25, 0.3) is 0 Å². The molecule has 0 aromatic heterocycles. The lowest BCUT2D eigenvalue weighted by Crippen LogP contribution is -2.54. The molecule has 0 heterocycles. The first-order valence-corrected chi connectivity index (χ1v) is 22.0. The fourth-order valence-electron chi connectivity index (χ4n) is 11.3. The minimum absolute atomic E-state index is 0.0208. The maximum atomic E-state index is 12.8. The second-order valence-electron chi connectivity index (χ2n) is 17.2. The van der Waals surface area contributed by atoms with Gasteiger partial charge in [0.05, 0.1) is 5.75 Å². The van der Waals surface area contributed by atoms with Gasteiger partial charge in [-0.2, -0.15) is 8.42 Å². The molecule has 7 nitrogen and oxygen atoms in total. The molecule has 4 fully saturated rings. The molecular weight excluding hydrogens is 635 g/mol. The van der Waals surface area contributed by atoms with Crippen molar-refractivity contribution in [2.45, 2.75) is 175 Å². The Kier molecular flexibility index (Phi) is 15.6. The molecule has 282 valence electrons.